The van der Waals surface area contributed by atoms with Crippen molar-refractivity contribution in [3.8, 4) is 5.75 Å². The molecule has 4 aromatic rings. The Hall–Kier alpha value is -4.66. The highest BCUT2D eigenvalue weighted by atomic mass is 32.2. The van der Waals surface area contributed by atoms with E-state index in [1.807, 2.05) is 0 Å². The summed E-state index contributed by atoms with van der Waals surface area (Å²) in [4.78, 5) is 20.2. The minimum Gasteiger partial charge on any atom is -0.379 e. The van der Waals surface area contributed by atoms with Crippen molar-refractivity contribution < 1.29 is 35.4 Å². The first-order chi connectivity index (χ1) is 19.8. The summed E-state index contributed by atoms with van der Waals surface area (Å²) >= 11 is 0. The fourth-order valence-electron chi connectivity index (χ4n) is 4.53. The third-order valence-corrected chi connectivity index (χ3v) is 8.72. The van der Waals surface area contributed by atoms with E-state index in [2.05, 4.69) is 0 Å². The van der Waals surface area contributed by atoms with Crippen LogP contribution in [0.1, 0.15) is 34.6 Å². The average Bonchev–Trinajstić information content (AvgIpc) is 2.94. The van der Waals surface area contributed by atoms with Gasteiger partial charge in [0.25, 0.3) is 21.5 Å². The molecular formula is C28H24N2O10S2. The lowest BCUT2D eigenvalue weighted by atomic mass is 9.85. The molecule has 1 N–H and O–H groups in total. The first-order valence-corrected chi connectivity index (χ1v) is 15.2. The van der Waals surface area contributed by atoms with Crippen LogP contribution in [-0.2, 0) is 26.7 Å². The molecule has 42 heavy (non-hydrogen) atoms. The van der Waals surface area contributed by atoms with Gasteiger partial charge in [-0.25, -0.2) is 0 Å². The lowest BCUT2D eigenvalue weighted by Crippen LogP contribution is -2.13. The van der Waals surface area contributed by atoms with Crippen molar-refractivity contribution in [1.82, 2.24) is 0 Å². The van der Waals surface area contributed by atoms with Gasteiger partial charge in [0.2, 0.25) is 0 Å². The largest absolute Gasteiger partial charge is 0.379 e. The average molecular weight is 613 g/mol. The SMILES string of the molecule is Cc1ccc(OS(=O)(=O)c2ccc([N+](=O)[O-])cc2)c(C(CCc2cc([N+](=O)[O-])ccc2S(=O)(=O)O)c2ccccc2)c1. The third kappa shape index (κ3) is 6.97. The molecule has 0 aliphatic heterocycles. The molecule has 1 unspecified atom stereocenters. The molecule has 0 aliphatic carbocycles. The molecular weight excluding hydrogens is 588 g/mol. The van der Waals surface area contributed by atoms with Gasteiger partial charge in [0.1, 0.15) is 10.6 Å². The van der Waals surface area contributed by atoms with Crippen LogP contribution < -0.4 is 4.18 Å². The molecule has 12 nitrogen and oxygen atoms in total. The molecule has 4 rings (SSSR count). The molecule has 0 saturated heterocycles. The van der Waals surface area contributed by atoms with E-state index < -0.39 is 40.9 Å². The molecule has 0 radical (unpaired) electrons. The summed E-state index contributed by atoms with van der Waals surface area (Å²) in [7, 11) is -9.12. The Morgan fingerprint density at radius 3 is 2.02 bits per heavy atom. The number of aryl methyl sites for hydroxylation is 2. The van der Waals surface area contributed by atoms with Crippen LogP contribution in [0.3, 0.4) is 0 Å². The van der Waals surface area contributed by atoms with Gasteiger partial charge in [0.05, 0.1) is 14.7 Å². The lowest BCUT2D eigenvalue weighted by molar-refractivity contribution is -0.385. The molecule has 0 bridgehead atoms. The van der Waals surface area contributed by atoms with Gasteiger partial charge >= 0.3 is 10.1 Å². The highest BCUT2D eigenvalue weighted by molar-refractivity contribution is 7.87. The van der Waals surface area contributed by atoms with E-state index in [9.17, 15) is 41.6 Å². The molecule has 0 spiro atoms. The van der Waals surface area contributed by atoms with Crippen LogP contribution in [0, 0.1) is 27.2 Å². The van der Waals surface area contributed by atoms with Gasteiger partial charge in [-0.2, -0.15) is 16.8 Å². The van der Waals surface area contributed by atoms with E-state index in [0.29, 0.717) is 5.56 Å². The van der Waals surface area contributed by atoms with Crippen molar-refractivity contribution in [3.63, 3.8) is 0 Å². The molecule has 0 saturated carbocycles. The van der Waals surface area contributed by atoms with E-state index in [4.69, 9.17) is 4.18 Å². The van der Waals surface area contributed by atoms with Crippen LogP contribution >= 0.6 is 0 Å². The van der Waals surface area contributed by atoms with E-state index in [-0.39, 0.29) is 40.4 Å². The third-order valence-electron chi connectivity index (χ3n) is 6.51. The zero-order valence-electron chi connectivity index (χ0n) is 22.0. The lowest BCUT2D eigenvalue weighted by Gasteiger charge is -2.22. The smallest absolute Gasteiger partial charge is 0.339 e. The van der Waals surface area contributed by atoms with Crippen LogP contribution in [-0.4, -0.2) is 31.2 Å². The van der Waals surface area contributed by atoms with Crippen molar-refractivity contribution in [2.45, 2.75) is 35.5 Å². The Morgan fingerprint density at radius 1 is 0.810 bits per heavy atom. The monoisotopic (exact) mass is 612 g/mol. The number of nitrogens with zero attached hydrogens (tertiary/aromatic N) is 2. The minimum atomic E-state index is -4.70. The molecule has 0 fully saturated rings. The molecule has 218 valence electrons. The summed E-state index contributed by atoms with van der Waals surface area (Å²) < 4.78 is 65.7. The summed E-state index contributed by atoms with van der Waals surface area (Å²) in [6.07, 6.45) is 0.101. The molecule has 0 aromatic heterocycles. The Bertz CT molecular complexity index is 1860. The van der Waals surface area contributed by atoms with Gasteiger partial charge in [-0.15, -0.1) is 0 Å². The summed E-state index contributed by atoms with van der Waals surface area (Å²) in [5, 5.41) is 22.3. The summed E-state index contributed by atoms with van der Waals surface area (Å²) in [6.45, 7) is 1.79. The van der Waals surface area contributed by atoms with Gasteiger partial charge in [-0.1, -0.05) is 48.0 Å². The topological polar surface area (TPSA) is 184 Å². The standard InChI is InChI=1S/C28H24N2O10S2/c1-19-7-15-27(40-42(38,39)24-12-9-22(10-13-24)29(31)32)26(17-19)25(20-5-3-2-4-6-20)14-8-21-18-23(30(33)34)11-16-28(21)41(35,36)37/h2-7,9-13,15-18,25H,8,14H2,1H3,(H,35,36,37). The van der Waals surface area contributed by atoms with Gasteiger partial charge in [-0.05, 0) is 55.2 Å². The van der Waals surface area contributed by atoms with Crippen LogP contribution in [0.4, 0.5) is 11.4 Å². The van der Waals surface area contributed by atoms with E-state index in [1.165, 1.54) is 6.07 Å². The van der Waals surface area contributed by atoms with Crippen LogP contribution in [0.2, 0.25) is 0 Å². The second-order valence-electron chi connectivity index (χ2n) is 9.36. The Morgan fingerprint density at radius 2 is 1.43 bits per heavy atom. The fraction of sp³-hybridized carbons (Fsp3) is 0.143. The number of benzene rings is 4. The second-order valence-corrected chi connectivity index (χ2v) is 12.3. The van der Waals surface area contributed by atoms with Crippen LogP contribution in [0.15, 0.2) is 101 Å². The molecule has 14 heteroatoms. The number of nitro groups is 2. The quantitative estimate of drug-likeness (QED) is 0.0969. The number of nitro benzene ring substituents is 2. The molecule has 1 atom stereocenters. The van der Waals surface area contributed by atoms with Gasteiger partial charge in [0, 0.05) is 35.7 Å². The Balaban J connectivity index is 1.77. The van der Waals surface area contributed by atoms with Gasteiger partial charge in [0.15, 0.2) is 0 Å². The predicted molar refractivity (Wildman–Crippen MR) is 152 cm³/mol. The second kappa shape index (κ2) is 12.1. The maximum atomic E-state index is 13.2. The number of hydrogen-bond acceptors (Lipinski definition) is 9. The van der Waals surface area contributed by atoms with E-state index in [1.54, 1.807) is 49.4 Å². The Kier molecular flexibility index (Phi) is 8.70. The van der Waals surface area contributed by atoms with Gasteiger partial charge in [-0.3, -0.25) is 24.8 Å². The number of rotatable bonds is 11. The van der Waals surface area contributed by atoms with Crippen molar-refractivity contribution in [1.29, 1.82) is 0 Å². The number of hydrogen-bond donors (Lipinski definition) is 1. The Labute approximate surface area is 241 Å². The first-order valence-electron chi connectivity index (χ1n) is 12.4. The summed E-state index contributed by atoms with van der Waals surface area (Å²) in [5.74, 6) is -0.608. The zero-order chi connectivity index (χ0) is 30.7. The fourth-order valence-corrected chi connectivity index (χ4v) is 6.22. The van der Waals surface area contributed by atoms with Crippen LogP contribution in [0.5, 0.6) is 5.75 Å². The highest BCUT2D eigenvalue weighted by Gasteiger charge is 2.26. The van der Waals surface area contributed by atoms with E-state index in [0.717, 1.165) is 53.6 Å². The normalized spacial score (nSPS) is 12.4. The minimum absolute atomic E-state index is 0.0150. The van der Waals surface area contributed by atoms with Crippen molar-refractivity contribution in [3.05, 3.63) is 133 Å². The maximum Gasteiger partial charge on any atom is 0.339 e. The maximum absolute atomic E-state index is 13.2. The van der Waals surface area contributed by atoms with Crippen molar-refractivity contribution >= 4 is 31.6 Å². The molecule has 0 aliphatic rings. The highest BCUT2D eigenvalue weighted by Crippen LogP contribution is 2.38. The number of non-ortho nitro benzene ring substituents is 2. The van der Waals surface area contributed by atoms with Crippen molar-refractivity contribution in [2.24, 2.45) is 0 Å². The van der Waals surface area contributed by atoms with Crippen LogP contribution in [0.25, 0.3) is 0 Å². The summed E-state index contributed by atoms with van der Waals surface area (Å²) in [5.41, 5.74) is 1.29. The molecule has 4 aromatic carbocycles. The van der Waals surface area contributed by atoms with Gasteiger partial charge < -0.3 is 4.18 Å². The predicted octanol–water partition coefficient (Wildman–Crippen LogP) is 5.59. The summed E-state index contributed by atoms with van der Waals surface area (Å²) in [6, 6.07) is 21.0. The van der Waals surface area contributed by atoms with Crippen molar-refractivity contribution in [2.75, 3.05) is 0 Å². The zero-order valence-corrected chi connectivity index (χ0v) is 23.6. The molecule has 0 amide bonds. The molecule has 0 heterocycles. The van der Waals surface area contributed by atoms with E-state index >= 15 is 0 Å². The first kappa shape index (κ1) is 30.3.